The monoisotopic (exact) mass is 694 g/mol. The van der Waals surface area contributed by atoms with Crippen molar-refractivity contribution in [3.63, 3.8) is 0 Å². The number of sulfonamides is 1. The Bertz CT molecular complexity index is 1860. The van der Waals surface area contributed by atoms with Crippen LogP contribution in [-0.2, 0) is 31.6 Å². The summed E-state index contributed by atoms with van der Waals surface area (Å²) in [5.41, 5.74) is -0.588. The second-order valence-electron chi connectivity index (χ2n) is 12.9. The van der Waals surface area contributed by atoms with Gasteiger partial charge >= 0.3 is 0 Å². The maximum absolute atomic E-state index is 15.5. The molecule has 1 unspecified atom stereocenters. The standard InChI is InChI=1S/C36H43FN4O7S/c1-38(2)34(42)30-9-8-19-40(30)36(28-21-24(10-14-31(28)47-4)16-20-39-17-6-7-18-39)27-22-25(37)11-13-29(27)41(35(36)43)49(44,45)33-15-12-26(46-3)23-32(33)48-5/h10-15,21-23,30H,6-9,16-20H2,1-5H3/t30-,36?/m0/s1. The number of hydrogen-bond acceptors (Lipinski definition) is 9. The molecule has 6 rings (SSSR count). The van der Waals surface area contributed by atoms with Crippen molar-refractivity contribution in [3.8, 4) is 17.2 Å². The molecule has 3 heterocycles. The number of halogens is 1. The molecule has 49 heavy (non-hydrogen) atoms. The number of amides is 2. The minimum absolute atomic E-state index is 0.0169. The van der Waals surface area contributed by atoms with E-state index in [0.717, 1.165) is 48.4 Å². The SMILES string of the molecule is COc1ccc(S(=O)(=O)N2C(=O)C(c3cc(CCN4CCCC4)ccc3OC)(N3CCC[C@H]3C(=O)N(C)C)c3cc(F)ccc32)c(OC)c1. The lowest BCUT2D eigenvalue weighted by Gasteiger charge is -2.42. The number of methoxy groups -OCH3 is 3. The second kappa shape index (κ2) is 13.6. The smallest absolute Gasteiger partial charge is 0.274 e. The van der Waals surface area contributed by atoms with Crippen LogP contribution in [-0.4, -0.2) is 103 Å². The van der Waals surface area contributed by atoms with Gasteiger partial charge in [0.05, 0.1) is 33.1 Å². The van der Waals surface area contributed by atoms with E-state index in [1.165, 1.54) is 56.6 Å². The van der Waals surface area contributed by atoms with E-state index in [4.69, 9.17) is 14.2 Å². The number of benzene rings is 3. The third kappa shape index (κ3) is 5.81. The van der Waals surface area contributed by atoms with Crippen molar-refractivity contribution in [2.45, 2.75) is 48.6 Å². The van der Waals surface area contributed by atoms with Crippen molar-refractivity contribution in [1.82, 2.24) is 14.7 Å². The lowest BCUT2D eigenvalue weighted by Crippen LogP contribution is -2.59. The van der Waals surface area contributed by atoms with Gasteiger partial charge in [-0.25, -0.2) is 17.1 Å². The Hall–Kier alpha value is -4.20. The van der Waals surface area contributed by atoms with Gasteiger partial charge in [0.1, 0.15) is 28.0 Å². The van der Waals surface area contributed by atoms with Crippen LogP contribution >= 0.6 is 0 Å². The molecule has 0 radical (unpaired) electrons. The van der Waals surface area contributed by atoms with Crippen molar-refractivity contribution in [2.75, 3.05) is 65.9 Å². The zero-order chi connectivity index (χ0) is 35.1. The first-order chi connectivity index (χ1) is 23.5. The van der Waals surface area contributed by atoms with Crippen molar-refractivity contribution >= 4 is 27.5 Å². The van der Waals surface area contributed by atoms with E-state index >= 15 is 9.18 Å². The summed E-state index contributed by atoms with van der Waals surface area (Å²) < 4.78 is 62.4. The van der Waals surface area contributed by atoms with Crippen LogP contribution in [0.15, 0.2) is 59.5 Å². The van der Waals surface area contributed by atoms with Gasteiger partial charge in [-0.2, -0.15) is 0 Å². The summed E-state index contributed by atoms with van der Waals surface area (Å²) in [6.07, 6.45) is 3.94. The Morgan fingerprint density at radius 1 is 0.898 bits per heavy atom. The number of carbonyl (C=O) groups is 2. The number of anilines is 1. The number of carbonyl (C=O) groups excluding carboxylic acids is 2. The van der Waals surface area contributed by atoms with Gasteiger partial charge in [0, 0.05) is 44.4 Å². The zero-order valence-corrected chi connectivity index (χ0v) is 29.4. The third-order valence-corrected chi connectivity index (χ3v) is 11.7. The lowest BCUT2D eigenvalue weighted by atomic mass is 9.80. The Morgan fingerprint density at radius 3 is 2.31 bits per heavy atom. The van der Waals surface area contributed by atoms with Gasteiger partial charge in [-0.3, -0.25) is 14.5 Å². The third-order valence-electron chi connectivity index (χ3n) is 9.93. The van der Waals surface area contributed by atoms with E-state index in [-0.39, 0.29) is 34.3 Å². The normalized spacial score (nSPS) is 21.2. The van der Waals surface area contributed by atoms with E-state index < -0.39 is 33.3 Å². The summed E-state index contributed by atoms with van der Waals surface area (Å²) in [6.45, 7) is 3.11. The maximum atomic E-state index is 15.5. The number of rotatable bonds is 11. The molecule has 3 aliphatic heterocycles. The second-order valence-corrected chi connectivity index (χ2v) is 14.6. The van der Waals surface area contributed by atoms with Gasteiger partial charge in [-0.15, -0.1) is 0 Å². The van der Waals surface area contributed by atoms with Crippen molar-refractivity contribution in [3.05, 3.63) is 77.1 Å². The Balaban J connectivity index is 1.62. The highest BCUT2D eigenvalue weighted by Crippen LogP contribution is 2.55. The molecule has 3 aliphatic rings. The molecule has 0 bridgehead atoms. The molecule has 262 valence electrons. The molecule has 2 atom stereocenters. The lowest BCUT2D eigenvalue weighted by molar-refractivity contribution is -0.138. The highest BCUT2D eigenvalue weighted by atomic mass is 32.2. The van der Waals surface area contributed by atoms with Crippen LogP contribution in [0.4, 0.5) is 10.1 Å². The zero-order valence-electron chi connectivity index (χ0n) is 28.6. The molecular weight excluding hydrogens is 651 g/mol. The first kappa shape index (κ1) is 34.7. The highest BCUT2D eigenvalue weighted by Gasteiger charge is 2.63. The van der Waals surface area contributed by atoms with Gasteiger partial charge in [-0.1, -0.05) is 6.07 Å². The van der Waals surface area contributed by atoms with Gasteiger partial charge in [0.25, 0.3) is 15.9 Å². The molecule has 0 aliphatic carbocycles. The number of nitrogens with zero attached hydrogens (tertiary/aromatic N) is 4. The van der Waals surface area contributed by atoms with Crippen LogP contribution in [0.25, 0.3) is 0 Å². The molecule has 0 N–H and O–H groups in total. The van der Waals surface area contributed by atoms with Crippen LogP contribution in [0.2, 0.25) is 0 Å². The van der Waals surface area contributed by atoms with Crippen molar-refractivity contribution in [1.29, 1.82) is 0 Å². The van der Waals surface area contributed by atoms with E-state index in [0.29, 0.717) is 36.3 Å². The molecule has 0 spiro atoms. The molecular formula is C36H43FN4O7S. The van der Waals surface area contributed by atoms with Crippen molar-refractivity contribution < 1.29 is 36.6 Å². The largest absolute Gasteiger partial charge is 0.497 e. The number of likely N-dealkylation sites (N-methyl/N-ethyl adjacent to an activating group) is 1. The fraction of sp³-hybridized carbons (Fsp3) is 0.444. The first-order valence-electron chi connectivity index (χ1n) is 16.5. The number of hydrogen-bond donors (Lipinski definition) is 0. The maximum Gasteiger partial charge on any atom is 0.274 e. The van der Waals surface area contributed by atoms with Gasteiger partial charge < -0.3 is 24.0 Å². The average molecular weight is 695 g/mol. The summed E-state index contributed by atoms with van der Waals surface area (Å²) in [5, 5.41) is 0. The van der Waals surface area contributed by atoms with Gasteiger partial charge in [0.2, 0.25) is 5.91 Å². The summed E-state index contributed by atoms with van der Waals surface area (Å²) in [6, 6.07) is 12.6. The molecule has 11 nitrogen and oxygen atoms in total. The molecule has 2 saturated heterocycles. The first-order valence-corrected chi connectivity index (χ1v) is 17.9. The number of fused-ring (bicyclic) bond motifs is 1. The Morgan fingerprint density at radius 2 is 1.63 bits per heavy atom. The fourth-order valence-corrected chi connectivity index (χ4v) is 9.18. The topological polar surface area (TPSA) is 109 Å². The molecule has 13 heteroatoms. The van der Waals surface area contributed by atoms with Crippen LogP contribution in [0, 0.1) is 5.82 Å². The van der Waals surface area contributed by atoms with Crippen LogP contribution in [0.1, 0.15) is 42.4 Å². The van der Waals surface area contributed by atoms with Crippen LogP contribution in [0.5, 0.6) is 17.2 Å². The van der Waals surface area contributed by atoms with Crippen LogP contribution in [0.3, 0.4) is 0 Å². The average Bonchev–Trinajstić information content (AvgIpc) is 3.85. The number of likely N-dealkylation sites (tertiary alicyclic amines) is 2. The van der Waals surface area contributed by atoms with E-state index in [9.17, 15) is 13.2 Å². The van der Waals surface area contributed by atoms with E-state index in [2.05, 4.69) is 4.90 Å². The fourth-order valence-electron chi connectivity index (χ4n) is 7.57. The minimum atomic E-state index is -4.68. The van der Waals surface area contributed by atoms with Gasteiger partial charge in [-0.05, 0) is 93.2 Å². The highest BCUT2D eigenvalue weighted by molar-refractivity contribution is 7.93. The van der Waals surface area contributed by atoms with Gasteiger partial charge in [0.15, 0.2) is 5.54 Å². The molecule has 2 fully saturated rings. The molecule has 2 amide bonds. The van der Waals surface area contributed by atoms with Crippen LogP contribution < -0.4 is 18.5 Å². The predicted octanol–water partition coefficient (Wildman–Crippen LogP) is 4.02. The molecule has 0 aromatic heterocycles. The molecule has 3 aromatic carbocycles. The summed E-state index contributed by atoms with van der Waals surface area (Å²) in [5.74, 6) is -1.12. The summed E-state index contributed by atoms with van der Waals surface area (Å²) in [7, 11) is 2.85. The summed E-state index contributed by atoms with van der Waals surface area (Å²) in [4.78, 5) is 34.6. The molecule has 0 saturated carbocycles. The summed E-state index contributed by atoms with van der Waals surface area (Å²) >= 11 is 0. The Labute approximate surface area is 287 Å². The van der Waals surface area contributed by atoms with Crippen molar-refractivity contribution in [2.24, 2.45) is 0 Å². The van der Waals surface area contributed by atoms with E-state index in [1.54, 1.807) is 25.1 Å². The minimum Gasteiger partial charge on any atom is -0.497 e. The quantitative estimate of drug-likeness (QED) is 0.294. The predicted molar refractivity (Wildman–Crippen MR) is 182 cm³/mol. The van der Waals surface area contributed by atoms with E-state index in [1.807, 2.05) is 12.1 Å². The Kier molecular flexibility index (Phi) is 9.62. The number of ether oxygens (including phenoxy) is 3. The molecule has 3 aromatic rings.